The Morgan fingerprint density at radius 1 is 1.27 bits per heavy atom. The van der Waals surface area contributed by atoms with Crippen molar-refractivity contribution < 1.29 is 9.18 Å². The summed E-state index contributed by atoms with van der Waals surface area (Å²) >= 11 is 5.72. The van der Waals surface area contributed by atoms with Crippen molar-refractivity contribution in [3.05, 3.63) is 62.8 Å². The average molecular weight is 378 g/mol. The van der Waals surface area contributed by atoms with E-state index in [9.17, 15) is 14.0 Å². The maximum absolute atomic E-state index is 13.5. The maximum atomic E-state index is 13.5. The van der Waals surface area contributed by atoms with Gasteiger partial charge >= 0.3 is 0 Å². The van der Waals surface area contributed by atoms with Crippen LogP contribution in [0.2, 0.25) is 5.02 Å². The number of benzene rings is 1. The van der Waals surface area contributed by atoms with Crippen molar-refractivity contribution in [2.45, 2.75) is 25.7 Å². The molecule has 0 aliphatic carbocycles. The van der Waals surface area contributed by atoms with Gasteiger partial charge in [-0.3, -0.25) is 9.59 Å². The van der Waals surface area contributed by atoms with Crippen molar-refractivity contribution in [3.8, 4) is 0 Å². The molecule has 138 valence electrons. The minimum absolute atomic E-state index is 0.0205. The number of likely N-dealkylation sites (tertiary alicyclic amines) is 1. The zero-order chi connectivity index (χ0) is 18.7. The van der Waals surface area contributed by atoms with Crippen molar-refractivity contribution in [1.82, 2.24) is 14.7 Å². The smallest absolute Gasteiger partial charge is 0.266 e. The summed E-state index contributed by atoms with van der Waals surface area (Å²) < 4.78 is 14.8. The van der Waals surface area contributed by atoms with E-state index < -0.39 is 0 Å². The molecule has 2 aromatic rings. The van der Waals surface area contributed by atoms with Gasteiger partial charge in [-0.05, 0) is 48.9 Å². The number of amides is 1. The van der Waals surface area contributed by atoms with Crippen LogP contribution in [0.1, 0.15) is 24.1 Å². The van der Waals surface area contributed by atoms with E-state index in [1.807, 2.05) is 11.0 Å². The zero-order valence-electron chi connectivity index (χ0n) is 14.6. The highest BCUT2D eigenvalue weighted by Gasteiger charge is 2.23. The Labute approximate surface area is 156 Å². The quantitative estimate of drug-likeness (QED) is 0.823. The molecule has 1 aromatic heterocycles. The van der Waals surface area contributed by atoms with Gasteiger partial charge in [0.15, 0.2) is 0 Å². The van der Waals surface area contributed by atoms with Crippen LogP contribution in [0, 0.1) is 11.7 Å². The van der Waals surface area contributed by atoms with Crippen LogP contribution in [0.15, 0.2) is 35.1 Å². The standard InChI is InChI=1S/C19H21ClFN3O2/c1-23-18(25)5-3-15(22-23)12-19(26)24-8-6-13(7-9-24)10-14-2-4-16(20)17(21)11-14/h2-5,11,13H,6-10,12H2,1H3. The van der Waals surface area contributed by atoms with E-state index in [0.29, 0.717) is 24.7 Å². The number of hydrogen-bond acceptors (Lipinski definition) is 3. The summed E-state index contributed by atoms with van der Waals surface area (Å²) in [7, 11) is 1.57. The summed E-state index contributed by atoms with van der Waals surface area (Å²) in [4.78, 5) is 25.6. The van der Waals surface area contributed by atoms with Gasteiger partial charge in [-0.15, -0.1) is 0 Å². The van der Waals surface area contributed by atoms with Crippen LogP contribution in [-0.4, -0.2) is 33.7 Å². The van der Waals surface area contributed by atoms with Gasteiger partial charge in [-0.2, -0.15) is 5.10 Å². The van der Waals surface area contributed by atoms with E-state index in [2.05, 4.69) is 5.10 Å². The molecule has 1 aliphatic heterocycles. The number of rotatable bonds is 4. The first kappa shape index (κ1) is 18.6. The van der Waals surface area contributed by atoms with Crippen LogP contribution >= 0.6 is 11.6 Å². The van der Waals surface area contributed by atoms with Crippen LogP contribution in [0.3, 0.4) is 0 Å². The summed E-state index contributed by atoms with van der Waals surface area (Å²) in [6.07, 6.45) is 2.76. The highest BCUT2D eigenvalue weighted by molar-refractivity contribution is 6.30. The molecule has 5 nitrogen and oxygen atoms in total. The van der Waals surface area contributed by atoms with Crippen LogP contribution < -0.4 is 5.56 Å². The van der Waals surface area contributed by atoms with Crippen LogP contribution in [-0.2, 0) is 24.7 Å². The highest BCUT2D eigenvalue weighted by Crippen LogP contribution is 2.24. The van der Waals surface area contributed by atoms with Crippen molar-refractivity contribution in [2.75, 3.05) is 13.1 Å². The number of piperidine rings is 1. The third-order valence-electron chi connectivity index (χ3n) is 4.82. The second-order valence-electron chi connectivity index (χ2n) is 6.74. The lowest BCUT2D eigenvalue weighted by molar-refractivity contribution is -0.131. The number of aryl methyl sites for hydroxylation is 1. The minimum Gasteiger partial charge on any atom is -0.342 e. The van der Waals surface area contributed by atoms with E-state index in [0.717, 1.165) is 24.8 Å². The number of hydrogen-bond donors (Lipinski definition) is 0. The van der Waals surface area contributed by atoms with Gasteiger partial charge in [0.05, 0.1) is 17.1 Å². The molecule has 26 heavy (non-hydrogen) atoms. The highest BCUT2D eigenvalue weighted by atomic mass is 35.5. The van der Waals surface area contributed by atoms with E-state index in [1.54, 1.807) is 19.2 Å². The second-order valence-corrected chi connectivity index (χ2v) is 7.15. The number of carbonyl (C=O) groups excluding carboxylic acids is 1. The molecule has 0 N–H and O–H groups in total. The lowest BCUT2D eigenvalue weighted by Gasteiger charge is -2.32. The van der Waals surface area contributed by atoms with Crippen LogP contribution in [0.5, 0.6) is 0 Å². The fraction of sp³-hybridized carbons (Fsp3) is 0.421. The Bertz CT molecular complexity index is 860. The summed E-state index contributed by atoms with van der Waals surface area (Å²) in [6.45, 7) is 1.37. The molecule has 0 radical (unpaired) electrons. The van der Waals surface area contributed by atoms with Gasteiger partial charge in [-0.1, -0.05) is 17.7 Å². The van der Waals surface area contributed by atoms with Gasteiger partial charge in [0, 0.05) is 26.2 Å². The first-order valence-corrected chi connectivity index (χ1v) is 9.05. The van der Waals surface area contributed by atoms with E-state index in [1.165, 1.54) is 16.8 Å². The Morgan fingerprint density at radius 2 is 2.00 bits per heavy atom. The number of nitrogens with zero attached hydrogens (tertiary/aromatic N) is 3. The number of carbonyl (C=O) groups is 1. The Morgan fingerprint density at radius 3 is 2.65 bits per heavy atom. The maximum Gasteiger partial charge on any atom is 0.266 e. The first-order chi connectivity index (χ1) is 12.4. The molecule has 0 saturated carbocycles. The van der Waals surface area contributed by atoms with Gasteiger partial charge in [0.25, 0.3) is 5.56 Å². The molecule has 0 unspecified atom stereocenters. The topological polar surface area (TPSA) is 55.2 Å². The Kier molecular flexibility index (Phi) is 5.71. The predicted molar refractivity (Wildman–Crippen MR) is 97.6 cm³/mol. The SMILES string of the molecule is Cn1nc(CC(=O)N2CCC(Cc3ccc(Cl)c(F)c3)CC2)ccc1=O. The average Bonchev–Trinajstić information content (AvgIpc) is 2.62. The molecule has 7 heteroatoms. The summed E-state index contributed by atoms with van der Waals surface area (Å²) in [6, 6.07) is 7.96. The van der Waals surface area contributed by atoms with Gasteiger partial charge in [0.2, 0.25) is 5.91 Å². The van der Waals surface area contributed by atoms with Crippen LogP contribution in [0.4, 0.5) is 4.39 Å². The van der Waals surface area contributed by atoms with E-state index in [4.69, 9.17) is 11.6 Å². The molecule has 3 rings (SSSR count). The van der Waals surface area contributed by atoms with Gasteiger partial charge in [0.1, 0.15) is 5.82 Å². The van der Waals surface area contributed by atoms with E-state index >= 15 is 0 Å². The molecule has 0 bridgehead atoms. The molecule has 0 atom stereocenters. The summed E-state index contributed by atoms with van der Waals surface area (Å²) in [5, 5.41) is 4.24. The Balaban J connectivity index is 1.52. The predicted octanol–water partition coefficient (Wildman–Crippen LogP) is 2.60. The largest absolute Gasteiger partial charge is 0.342 e. The molecule has 1 saturated heterocycles. The molecular weight excluding hydrogens is 357 g/mol. The van der Waals surface area contributed by atoms with Crippen LogP contribution in [0.25, 0.3) is 0 Å². The summed E-state index contributed by atoms with van der Waals surface area (Å²) in [5.41, 5.74) is 1.34. The molecule has 0 spiro atoms. The second kappa shape index (κ2) is 7.99. The fourth-order valence-electron chi connectivity index (χ4n) is 3.30. The molecule has 1 aliphatic rings. The first-order valence-electron chi connectivity index (χ1n) is 8.67. The lowest BCUT2D eigenvalue weighted by Crippen LogP contribution is -2.40. The molecule has 1 fully saturated rings. The Hall–Kier alpha value is -2.21. The number of aromatic nitrogens is 2. The normalized spacial score (nSPS) is 15.3. The lowest BCUT2D eigenvalue weighted by atomic mass is 9.90. The van der Waals surface area contributed by atoms with E-state index in [-0.39, 0.29) is 28.7 Å². The zero-order valence-corrected chi connectivity index (χ0v) is 15.4. The number of halogens is 2. The van der Waals surface area contributed by atoms with Gasteiger partial charge in [-0.25, -0.2) is 9.07 Å². The third kappa shape index (κ3) is 4.49. The molecular formula is C19H21ClFN3O2. The molecule has 1 amide bonds. The van der Waals surface area contributed by atoms with Crippen molar-refractivity contribution >= 4 is 17.5 Å². The summed E-state index contributed by atoms with van der Waals surface area (Å²) in [5.74, 6) is 0.0592. The van der Waals surface area contributed by atoms with Crippen molar-refractivity contribution in [1.29, 1.82) is 0 Å². The third-order valence-corrected chi connectivity index (χ3v) is 5.13. The fourth-order valence-corrected chi connectivity index (χ4v) is 3.42. The minimum atomic E-state index is -0.387. The van der Waals surface area contributed by atoms with Crippen molar-refractivity contribution in [2.24, 2.45) is 13.0 Å². The monoisotopic (exact) mass is 377 g/mol. The van der Waals surface area contributed by atoms with Gasteiger partial charge < -0.3 is 4.90 Å². The van der Waals surface area contributed by atoms with Crippen molar-refractivity contribution in [3.63, 3.8) is 0 Å². The molecule has 2 heterocycles. The molecule has 1 aromatic carbocycles.